The summed E-state index contributed by atoms with van der Waals surface area (Å²) in [6.45, 7) is -2.32. The summed E-state index contributed by atoms with van der Waals surface area (Å²) in [7, 11) is 0. The lowest BCUT2D eigenvalue weighted by atomic mass is 10.2. The highest BCUT2D eigenvalue weighted by Gasteiger charge is 2.16. The van der Waals surface area contributed by atoms with Gasteiger partial charge < -0.3 is 5.32 Å². The van der Waals surface area contributed by atoms with Gasteiger partial charge in [-0.1, -0.05) is 23.7 Å². The first-order valence-electron chi connectivity index (χ1n) is 7.04. The van der Waals surface area contributed by atoms with Gasteiger partial charge in [-0.15, -0.1) is 0 Å². The Labute approximate surface area is 154 Å². The second-order valence-electron chi connectivity index (χ2n) is 5.06. The molecule has 0 atom stereocenters. The molecule has 0 aliphatic heterocycles. The van der Waals surface area contributed by atoms with Crippen molar-refractivity contribution in [3.05, 3.63) is 63.5 Å². The molecule has 0 radical (unpaired) electrons. The number of benzene rings is 1. The Balaban J connectivity index is 1.71. The maximum atomic E-state index is 12.5. The van der Waals surface area contributed by atoms with Crippen LogP contribution < -0.4 is 5.32 Å². The van der Waals surface area contributed by atoms with Crippen molar-refractivity contribution in [2.24, 2.45) is 0 Å². The molecule has 0 aliphatic rings. The Morgan fingerprint density at radius 2 is 1.96 bits per heavy atom. The summed E-state index contributed by atoms with van der Waals surface area (Å²) >= 11 is 9.16. The lowest BCUT2D eigenvalue weighted by Crippen LogP contribution is -2.14. The number of hydrogen-bond acceptors (Lipinski definition) is 3. The van der Waals surface area contributed by atoms with Gasteiger partial charge in [0.15, 0.2) is 11.5 Å². The largest absolute Gasteiger partial charge is 0.333 e. The molecule has 0 unspecified atom stereocenters. The van der Waals surface area contributed by atoms with E-state index in [0.29, 0.717) is 20.7 Å². The fourth-order valence-electron chi connectivity index (χ4n) is 2.08. The molecule has 0 saturated heterocycles. The van der Waals surface area contributed by atoms with Crippen LogP contribution in [-0.4, -0.2) is 25.5 Å². The molecule has 0 fully saturated rings. The summed E-state index contributed by atoms with van der Waals surface area (Å²) in [6.07, 6.45) is 2.73. The Hall–Kier alpha value is -2.26. The van der Waals surface area contributed by atoms with Crippen molar-refractivity contribution in [3.63, 3.8) is 0 Å². The van der Waals surface area contributed by atoms with Gasteiger partial charge in [0.2, 0.25) is 0 Å². The smallest absolute Gasteiger partial charge is 0.303 e. The van der Waals surface area contributed by atoms with Gasteiger partial charge in [0.05, 0.1) is 11.0 Å². The standard InChI is InChI=1S/C15H11BrClF2N5O/c16-11-8-23(7-9-1-3-10(17)4-2-9)22-13(11)20-14(25)12-5-6-24(21-12)15(18)19/h1-6,8,15H,7H2,(H,20,22,25). The van der Waals surface area contributed by atoms with E-state index in [1.165, 1.54) is 6.07 Å². The van der Waals surface area contributed by atoms with Crippen LogP contribution >= 0.6 is 27.5 Å². The number of rotatable bonds is 5. The monoisotopic (exact) mass is 429 g/mol. The maximum absolute atomic E-state index is 12.5. The zero-order valence-electron chi connectivity index (χ0n) is 12.5. The third-order valence-corrected chi connectivity index (χ3v) is 4.08. The SMILES string of the molecule is O=C(Nc1nn(Cc2ccc(Cl)cc2)cc1Br)c1ccn(C(F)F)n1. The van der Waals surface area contributed by atoms with E-state index in [9.17, 15) is 13.6 Å². The van der Waals surface area contributed by atoms with Crippen molar-refractivity contribution in [2.45, 2.75) is 13.1 Å². The van der Waals surface area contributed by atoms with Crippen LogP contribution in [0.15, 0.2) is 47.2 Å². The van der Waals surface area contributed by atoms with E-state index in [0.717, 1.165) is 11.8 Å². The van der Waals surface area contributed by atoms with E-state index in [4.69, 9.17) is 11.6 Å². The Kier molecular flexibility index (Phi) is 5.14. The zero-order chi connectivity index (χ0) is 18.0. The average molecular weight is 431 g/mol. The fourth-order valence-corrected chi connectivity index (χ4v) is 2.62. The minimum Gasteiger partial charge on any atom is -0.303 e. The molecule has 0 bridgehead atoms. The van der Waals surface area contributed by atoms with Gasteiger partial charge in [-0.3, -0.25) is 9.48 Å². The third kappa shape index (κ3) is 4.23. The van der Waals surface area contributed by atoms with Crippen molar-refractivity contribution >= 4 is 39.3 Å². The zero-order valence-corrected chi connectivity index (χ0v) is 14.9. The number of alkyl halides is 2. The van der Waals surface area contributed by atoms with Crippen molar-refractivity contribution in [3.8, 4) is 0 Å². The number of halogens is 4. The van der Waals surface area contributed by atoms with Crippen LogP contribution in [0.5, 0.6) is 0 Å². The molecule has 25 heavy (non-hydrogen) atoms. The van der Waals surface area contributed by atoms with Gasteiger partial charge >= 0.3 is 6.55 Å². The topological polar surface area (TPSA) is 64.7 Å². The van der Waals surface area contributed by atoms with E-state index < -0.39 is 12.5 Å². The number of nitrogens with zero attached hydrogens (tertiary/aromatic N) is 4. The Morgan fingerprint density at radius 3 is 2.60 bits per heavy atom. The summed E-state index contributed by atoms with van der Waals surface area (Å²) in [5.74, 6) is -0.359. The molecular formula is C15H11BrClF2N5O. The highest BCUT2D eigenvalue weighted by atomic mass is 79.9. The van der Waals surface area contributed by atoms with Crippen LogP contribution in [0.25, 0.3) is 0 Å². The highest BCUT2D eigenvalue weighted by Crippen LogP contribution is 2.22. The van der Waals surface area contributed by atoms with Crippen LogP contribution in [0.2, 0.25) is 5.02 Å². The number of amides is 1. The van der Waals surface area contributed by atoms with E-state index >= 15 is 0 Å². The number of carbonyl (C=O) groups is 1. The molecule has 3 aromatic rings. The first kappa shape index (κ1) is 17.6. The summed E-state index contributed by atoms with van der Waals surface area (Å²) in [5, 5.41) is 10.9. The predicted octanol–water partition coefficient (Wildman–Crippen LogP) is 4.19. The molecular weight excluding hydrogens is 420 g/mol. The van der Waals surface area contributed by atoms with Gasteiger partial charge in [0.25, 0.3) is 5.91 Å². The minimum absolute atomic E-state index is 0.126. The molecule has 130 valence electrons. The molecule has 2 aromatic heterocycles. The van der Waals surface area contributed by atoms with Gasteiger partial charge in [-0.2, -0.15) is 19.0 Å². The van der Waals surface area contributed by atoms with Crippen LogP contribution in [0.1, 0.15) is 22.6 Å². The molecule has 2 heterocycles. The molecule has 0 spiro atoms. The molecule has 3 rings (SSSR count). The minimum atomic E-state index is -2.80. The van der Waals surface area contributed by atoms with Crippen molar-refractivity contribution in [1.82, 2.24) is 19.6 Å². The number of carbonyl (C=O) groups excluding carboxylic acids is 1. The molecule has 1 amide bonds. The van der Waals surface area contributed by atoms with Crippen LogP contribution in [0.4, 0.5) is 14.6 Å². The molecule has 0 aliphatic carbocycles. The van der Waals surface area contributed by atoms with Crippen LogP contribution in [0, 0.1) is 0 Å². The van der Waals surface area contributed by atoms with E-state index in [-0.39, 0.29) is 11.5 Å². The fraction of sp³-hybridized carbons (Fsp3) is 0.133. The number of nitrogens with one attached hydrogen (secondary N) is 1. The summed E-state index contributed by atoms with van der Waals surface area (Å²) < 4.78 is 27.6. The van der Waals surface area contributed by atoms with Crippen molar-refractivity contribution in [1.29, 1.82) is 0 Å². The number of hydrogen-bond donors (Lipinski definition) is 1. The first-order valence-corrected chi connectivity index (χ1v) is 8.21. The first-order chi connectivity index (χ1) is 11.9. The van der Waals surface area contributed by atoms with Gasteiger partial charge in [0, 0.05) is 17.4 Å². The number of anilines is 1. The molecule has 1 aromatic carbocycles. The van der Waals surface area contributed by atoms with E-state index in [1.807, 2.05) is 12.1 Å². The Bertz CT molecular complexity index is 894. The maximum Gasteiger partial charge on any atom is 0.333 e. The molecule has 10 heteroatoms. The quantitative estimate of drug-likeness (QED) is 0.660. The number of aromatic nitrogens is 4. The molecule has 1 N–H and O–H groups in total. The summed E-state index contributed by atoms with van der Waals surface area (Å²) in [5.41, 5.74) is 0.854. The molecule has 6 nitrogen and oxygen atoms in total. The normalized spacial score (nSPS) is 11.1. The van der Waals surface area contributed by atoms with E-state index in [1.54, 1.807) is 23.0 Å². The van der Waals surface area contributed by atoms with E-state index in [2.05, 4.69) is 31.4 Å². The van der Waals surface area contributed by atoms with Crippen molar-refractivity contribution < 1.29 is 13.6 Å². The highest BCUT2D eigenvalue weighted by molar-refractivity contribution is 9.10. The summed E-state index contributed by atoms with van der Waals surface area (Å²) in [6, 6.07) is 8.50. The third-order valence-electron chi connectivity index (χ3n) is 3.25. The Morgan fingerprint density at radius 1 is 1.24 bits per heavy atom. The second-order valence-corrected chi connectivity index (χ2v) is 6.35. The average Bonchev–Trinajstić information content (AvgIpc) is 3.17. The lowest BCUT2D eigenvalue weighted by molar-refractivity contribution is 0.0561. The predicted molar refractivity (Wildman–Crippen MR) is 91.9 cm³/mol. The van der Waals surface area contributed by atoms with Crippen molar-refractivity contribution in [2.75, 3.05) is 5.32 Å². The van der Waals surface area contributed by atoms with Gasteiger partial charge in [-0.05, 0) is 39.7 Å². The molecule has 0 saturated carbocycles. The van der Waals surface area contributed by atoms with Crippen LogP contribution in [0.3, 0.4) is 0 Å². The second kappa shape index (κ2) is 7.32. The lowest BCUT2D eigenvalue weighted by Gasteiger charge is -2.02. The van der Waals surface area contributed by atoms with Gasteiger partial charge in [-0.25, -0.2) is 4.68 Å². The van der Waals surface area contributed by atoms with Crippen LogP contribution in [-0.2, 0) is 6.54 Å². The van der Waals surface area contributed by atoms with Gasteiger partial charge in [0.1, 0.15) is 0 Å². The summed E-state index contributed by atoms with van der Waals surface area (Å²) in [4.78, 5) is 12.1.